The molecule has 134 valence electrons. The zero-order chi connectivity index (χ0) is 19.1. The minimum absolute atomic E-state index is 0.0192. The molecular formula is C19H19N3O3S. The molecule has 0 saturated carbocycles. The van der Waals surface area contributed by atoms with Crippen LogP contribution in [-0.2, 0) is 12.5 Å². The quantitative estimate of drug-likeness (QED) is 0.502. The second-order valence-electron chi connectivity index (χ2n) is 7.10. The van der Waals surface area contributed by atoms with Gasteiger partial charge in [-0.05, 0) is 29.2 Å². The van der Waals surface area contributed by atoms with Crippen molar-refractivity contribution in [3.63, 3.8) is 0 Å². The van der Waals surface area contributed by atoms with Crippen molar-refractivity contribution in [1.29, 1.82) is 0 Å². The molecule has 3 rings (SSSR count). The first-order chi connectivity index (χ1) is 12.2. The zero-order valence-corrected chi connectivity index (χ0v) is 15.8. The van der Waals surface area contributed by atoms with Gasteiger partial charge in [-0.15, -0.1) is 0 Å². The molecule has 1 aromatic heterocycles. The molecule has 0 N–H and O–H groups in total. The Morgan fingerprint density at radius 2 is 1.81 bits per heavy atom. The van der Waals surface area contributed by atoms with Crippen LogP contribution in [0.15, 0.2) is 47.5 Å². The summed E-state index contributed by atoms with van der Waals surface area (Å²) in [6.45, 7) is 6.35. The van der Waals surface area contributed by atoms with Gasteiger partial charge in [0.15, 0.2) is 4.80 Å². The van der Waals surface area contributed by atoms with Crippen LogP contribution in [0.1, 0.15) is 36.7 Å². The molecule has 3 aromatic rings. The Kier molecular flexibility index (Phi) is 4.50. The van der Waals surface area contributed by atoms with E-state index in [1.165, 1.54) is 23.5 Å². The summed E-state index contributed by atoms with van der Waals surface area (Å²) < 4.78 is 2.49. The number of non-ortho nitro benzene ring substituents is 1. The van der Waals surface area contributed by atoms with Crippen molar-refractivity contribution in [2.45, 2.75) is 26.2 Å². The molecule has 0 unspecified atom stereocenters. The zero-order valence-electron chi connectivity index (χ0n) is 15.0. The van der Waals surface area contributed by atoms with Crippen LogP contribution in [0.3, 0.4) is 0 Å². The van der Waals surface area contributed by atoms with Crippen LogP contribution in [-0.4, -0.2) is 15.4 Å². The molecule has 0 fully saturated rings. The molecule has 0 aliphatic rings. The fourth-order valence-electron chi connectivity index (χ4n) is 2.61. The van der Waals surface area contributed by atoms with Crippen LogP contribution >= 0.6 is 11.3 Å². The topological polar surface area (TPSA) is 77.5 Å². The van der Waals surface area contributed by atoms with Gasteiger partial charge in [-0.2, -0.15) is 4.99 Å². The van der Waals surface area contributed by atoms with E-state index in [4.69, 9.17) is 0 Å². The average Bonchev–Trinajstić information content (AvgIpc) is 2.89. The molecule has 0 atom stereocenters. The normalized spacial score (nSPS) is 12.5. The second kappa shape index (κ2) is 6.49. The van der Waals surface area contributed by atoms with Gasteiger partial charge >= 0.3 is 0 Å². The number of nitro benzene ring substituents is 1. The van der Waals surface area contributed by atoms with Gasteiger partial charge in [0.05, 0.1) is 15.1 Å². The van der Waals surface area contributed by atoms with Gasteiger partial charge in [-0.3, -0.25) is 14.9 Å². The van der Waals surface area contributed by atoms with E-state index in [0.717, 1.165) is 15.8 Å². The number of aromatic nitrogens is 1. The maximum Gasteiger partial charge on any atom is 0.279 e. The molecule has 0 spiro atoms. The summed E-state index contributed by atoms with van der Waals surface area (Å²) in [5, 5.41) is 10.9. The lowest BCUT2D eigenvalue weighted by Gasteiger charge is -2.18. The number of nitrogens with zero attached hydrogens (tertiary/aromatic N) is 3. The first-order valence-electron chi connectivity index (χ1n) is 8.10. The summed E-state index contributed by atoms with van der Waals surface area (Å²) in [6.07, 6.45) is 0. The van der Waals surface area contributed by atoms with Crippen molar-refractivity contribution < 1.29 is 9.72 Å². The van der Waals surface area contributed by atoms with E-state index in [1.807, 2.05) is 12.1 Å². The third kappa shape index (κ3) is 3.43. The standard InChI is InChI=1S/C19H19N3O3S/c1-19(2,3)13-7-5-12(6-8-13)17(23)20-18-21(4)15-10-9-14(22(24)25)11-16(15)26-18/h5-11H,1-4H3. The molecule has 0 aliphatic carbocycles. The Hall–Kier alpha value is -2.80. The summed E-state index contributed by atoms with van der Waals surface area (Å²) in [4.78, 5) is 27.7. The molecule has 26 heavy (non-hydrogen) atoms. The van der Waals surface area contributed by atoms with Crippen LogP contribution in [0.4, 0.5) is 5.69 Å². The Balaban J connectivity index is 2.00. The van der Waals surface area contributed by atoms with Crippen LogP contribution in [0.2, 0.25) is 0 Å². The van der Waals surface area contributed by atoms with Crippen molar-refractivity contribution in [2.75, 3.05) is 0 Å². The highest BCUT2D eigenvalue weighted by atomic mass is 32.1. The van der Waals surface area contributed by atoms with Crippen molar-refractivity contribution in [3.8, 4) is 0 Å². The summed E-state index contributed by atoms with van der Waals surface area (Å²) in [7, 11) is 1.79. The average molecular weight is 369 g/mol. The molecule has 0 saturated heterocycles. The number of fused-ring (bicyclic) bond motifs is 1. The van der Waals surface area contributed by atoms with E-state index in [0.29, 0.717) is 10.4 Å². The predicted octanol–water partition coefficient (Wildman–Crippen LogP) is 4.19. The van der Waals surface area contributed by atoms with E-state index in [-0.39, 0.29) is 17.0 Å². The molecule has 2 aromatic carbocycles. The Morgan fingerprint density at radius 1 is 1.15 bits per heavy atom. The summed E-state index contributed by atoms with van der Waals surface area (Å²) in [5.41, 5.74) is 2.51. The number of benzene rings is 2. The van der Waals surface area contributed by atoms with Gasteiger partial charge in [0.25, 0.3) is 11.6 Å². The lowest BCUT2D eigenvalue weighted by molar-refractivity contribution is -0.384. The molecule has 7 heteroatoms. The van der Waals surface area contributed by atoms with Crippen LogP contribution in [0.5, 0.6) is 0 Å². The van der Waals surface area contributed by atoms with Gasteiger partial charge in [0, 0.05) is 24.7 Å². The van der Waals surface area contributed by atoms with Crippen molar-refractivity contribution in [2.24, 2.45) is 12.0 Å². The van der Waals surface area contributed by atoms with Crippen molar-refractivity contribution in [1.82, 2.24) is 4.57 Å². The largest absolute Gasteiger partial charge is 0.319 e. The Labute approximate surface area is 154 Å². The molecule has 0 radical (unpaired) electrons. The lowest BCUT2D eigenvalue weighted by Crippen LogP contribution is -2.14. The number of nitro groups is 1. The van der Waals surface area contributed by atoms with E-state index >= 15 is 0 Å². The third-order valence-corrected chi connectivity index (χ3v) is 5.29. The maximum atomic E-state index is 12.5. The number of thiazole rings is 1. The smallest absolute Gasteiger partial charge is 0.279 e. The minimum atomic E-state index is -0.433. The van der Waals surface area contributed by atoms with Crippen LogP contribution in [0.25, 0.3) is 10.2 Å². The summed E-state index contributed by atoms with van der Waals surface area (Å²) in [6, 6.07) is 12.1. The number of hydrogen-bond acceptors (Lipinski definition) is 4. The van der Waals surface area contributed by atoms with Crippen molar-refractivity contribution in [3.05, 3.63) is 68.5 Å². The van der Waals surface area contributed by atoms with Gasteiger partial charge in [-0.25, -0.2) is 0 Å². The van der Waals surface area contributed by atoms with Crippen LogP contribution < -0.4 is 4.80 Å². The third-order valence-electron chi connectivity index (χ3n) is 4.20. The number of hydrogen-bond donors (Lipinski definition) is 0. The summed E-state index contributed by atoms with van der Waals surface area (Å²) in [5.74, 6) is -0.331. The van der Waals surface area contributed by atoms with Gasteiger partial charge < -0.3 is 4.57 Å². The molecular weight excluding hydrogens is 350 g/mol. The fraction of sp³-hybridized carbons (Fsp3) is 0.263. The minimum Gasteiger partial charge on any atom is -0.319 e. The second-order valence-corrected chi connectivity index (χ2v) is 8.11. The van der Waals surface area contributed by atoms with E-state index in [2.05, 4.69) is 25.8 Å². The number of amides is 1. The molecule has 1 amide bonds. The van der Waals surface area contributed by atoms with E-state index < -0.39 is 4.92 Å². The number of rotatable bonds is 2. The summed E-state index contributed by atoms with van der Waals surface area (Å²) >= 11 is 1.26. The molecule has 0 bridgehead atoms. The number of carbonyl (C=O) groups excluding carboxylic acids is 1. The lowest BCUT2D eigenvalue weighted by atomic mass is 9.87. The van der Waals surface area contributed by atoms with Crippen molar-refractivity contribution >= 4 is 33.1 Å². The Morgan fingerprint density at radius 3 is 2.38 bits per heavy atom. The first-order valence-corrected chi connectivity index (χ1v) is 8.92. The van der Waals surface area contributed by atoms with Gasteiger partial charge in [0.1, 0.15) is 0 Å². The fourth-order valence-corrected chi connectivity index (χ4v) is 3.66. The monoisotopic (exact) mass is 369 g/mol. The SMILES string of the molecule is Cn1c(=NC(=O)c2ccc(C(C)(C)C)cc2)sc2cc([N+](=O)[O-])ccc21. The maximum absolute atomic E-state index is 12.5. The Bertz CT molecular complexity index is 1070. The molecule has 1 heterocycles. The van der Waals surface area contributed by atoms with Gasteiger partial charge in [0.2, 0.25) is 0 Å². The predicted molar refractivity (Wildman–Crippen MR) is 102 cm³/mol. The van der Waals surface area contributed by atoms with E-state index in [1.54, 1.807) is 29.8 Å². The van der Waals surface area contributed by atoms with Gasteiger partial charge in [-0.1, -0.05) is 44.2 Å². The first kappa shape index (κ1) is 18.0. The molecule has 0 aliphatic heterocycles. The van der Waals surface area contributed by atoms with E-state index in [9.17, 15) is 14.9 Å². The highest BCUT2D eigenvalue weighted by Crippen LogP contribution is 2.23. The highest BCUT2D eigenvalue weighted by Gasteiger charge is 2.15. The highest BCUT2D eigenvalue weighted by molar-refractivity contribution is 7.16. The van der Waals surface area contributed by atoms with Crippen LogP contribution in [0, 0.1) is 10.1 Å². The number of carbonyl (C=O) groups is 1. The molecule has 6 nitrogen and oxygen atoms in total. The number of aryl methyl sites for hydroxylation is 1.